The molecule has 0 bridgehead atoms. The Labute approximate surface area is 106 Å². The Morgan fingerprint density at radius 1 is 1.29 bits per heavy atom. The number of carbonyl (C=O) groups is 1. The number of hydrogen-bond acceptors (Lipinski definition) is 3. The molecule has 1 amide bonds. The summed E-state index contributed by atoms with van der Waals surface area (Å²) in [6.07, 6.45) is 2.05. The van der Waals surface area contributed by atoms with E-state index >= 15 is 0 Å². The van der Waals surface area contributed by atoms with Crippen molar-refractivity contribution in [3.05, 3.63) is 0 Å². The number of likely N-dealkylation sites (N-methyl/N-ethyl adjacent to an activating group) is 1. The number of carbonyl (C=O) groups excluding carboxylic acids is 1. The van der Waals surface area contributed by atoms with Gasteiger partial charge in [0.05, 0.1) is 6.04 Å². The molecule has 0 rings (SSSR count). The van der Waals surface area contributed by atoms with Gasteiger partial charge in [-0.05, 0) is 26.3 Å². The van der Waals surface area contributed by atoms with Gasteiger partial charge in [0.15, 0.2) is 0 Å². The third kappa shape index (κ3) is 6.03. The summed E-state index contributed by atoms with van der Waals surface area (Å²) in [6, 6.07) is 0.170. The first-order valence-corrected chi connectivity index (χ1v) is 6.67. The third-order valence-corrected chi connectivity index (χ3v) is 3.67. The van der Waals surface area contributed by atoms with Crippen LogP contribution in [0, 0.1) is 5.92 Å². The average molecular weight is 243 g/mol. The van der Waals surface area contributed by atoms with E-state index in [0.717, 1.165) is 19.4 Å². The molecular weight excluding hydrogens is 214 g/mol. The van der Waals surface area contributed by atoms with E-state index < -0.39 is 0 Å². The highest BCUT2D eigenvalue weighted by atomic mass is 16.2. The summed E-state index contributed by atoms with van der Waals surface area (Å²) in [5, 5.41) is 2.90. The number of amides is 1. The van der Waals surface area contributed by atoms with Crippen molar-refractivity contribution in [1.29, 1.82) is 0 Å². The van der Waals surface area contributed by atoms with E-state index in [-0.39, 0.29) is 17.9 Å². The van der Waals surface area contributed by atoms with Crippen LogP contribution in [0.4, 0.5) is 0 Å². The van der Waals surface area contributed by atoms with E-state index in [1.165, 1.54) is 0 Å². The molecular formula is C13H29N3O. The van der Waals surface area contributed by atoms with Crippen LogP contribution in [0.5, 0.6) is 0 Å². The molecule has 0 saturated carbocycles. The maximum Gasteiger partial charge on any atom is 0.237 e. The maximum absolute atomic E-state index is 11.7. The fourth-order valence-corrected chi connectivity index (χ4v) is 1.52. The molecule has 102 valence electrons. The molecule has 0 aliphatic carbocycles. The molecule has 0 spiro atoms. The first-order valence-electron chi connectivity index (χ1n) is 6.67. The smallest absolute Gasteiger partial charge is 0.237 e. The van der Waals surface area contributed by atoms with Crippen LogP contribution in [-0.2, 0) is 4.79 Å². The van der Waals surface area contributed by atoms with Gasteiger partial charge in [0, 0.05) is 19.1 Å². The van der Waals surface area contributed by atoms with E-state index in [0.29, 0.717) is 12.6 Å². The van der Waals surface area contributed by atoms with E-state index in [1.54, 1.807) is 0 Å². The number of nitrogens with zero attached hydrogens (tertiary/aromatic N) is 1. The van der Waals surface area contributed by atoms with Crippen LogP contribution in [0.15, 0.2) is 0 Å². The predicted octanol–water partition coefficient (Wildman–Crippen LogP) is 1.21. The Balaban J connectivity index is 3.85. The summed E-state index contributed by atoms with van der Waals surface area (Å²) >= 11 is 0. The lowest BCUT2D eigenvalue weighted by Crippen LogP contribution is -2.46. The highest BCUT2D eigenvalue weighted by Gasteiger charge is 2.18. The molecule has 0 aliphatic heterocycles. The standard InChI is InChI=1S/C13H29N3O/c1-6-10(3)12(14)13(17)15-8-9-16(5)11(4)7-2/h10-12H,6-9,14H2,1-5H3,(H,15,17). The lowest BCUT2D eigenvalue weighted by molar-refractivity contribution is -0.123. The average Bonchev–Trinajstić information content (AvgIpc) is 2.35. The second kappa shape index (κ2) is 8.48. The molecule has 17 heavy (non-hydrogen) atoms. The van der Waals surface area contributed by atoms with E-state index in [9.17, 15) is 4.79 Å². The Kier molecular flexibility index (Phi) is 8.17. The van der Waals surface area contributed by atoms with Crippen LogP contribution >= 0.6 is 0 Å². The molecule has 0 aromatic heterocycles. The molecule has 4 heteroatoms. The molecule has 3 unspecified atom stereocenters. The SMILES string of the molecule is CCC(C)C(N)C(=O)NCCN(C)C(C)CC. The monoisotopic (exact) mass is 243 g/mol. The van der Waals surface area contributed by atoms with Crippen LogP contribution in [0.3, 0.4) is 0 Å². The highest BCUT2D eigenvalue weighted by molar-refractivity contribution is 5.81. The van der Waals surface area contributed by atoms with Gasteiger partial charge in [-0.25, -0.2) is 0 Å². The van der Waals surface area contributed by atoms with E-state index in [4.69, 9.17) is 5.73 Å². The summed E-state index contributed by atoms with van der Waals surface area (Å²) in [5.74, 6) is 0.208. The van der Waals surface area contributed by atoms with Crippen LogP contribution in [0.25, 0.3) is 0 Å². The van der Waals surface area contributed by atoms with Gasteiger partial charge < -0.3 is 16.0 Å². The van der Waals surface area contributed by atoms with Gasteiger partial charge in [0.2, 0.25) is 5.91 Å². The zero-order chi connectivity index (χ0) is 13.4. The number of nitrogens with two attached hydrogens (primary N) is 1. The maximum atomic E-state index is 11.7. The van der Waals surface area contributed by atoms with Crippen LogP contribution < -0.4 is 11.1 Å². The predicted molar refractivity (Wildman–Crippen MR) is 72.8 cm³/mol. The summed E-state index contributed by atoms with van der Waals surface area (Å²) in [7, 11) is 2.08. The van der Waals surface area contributed by atoms with E-state index in [1.807, 2.05) is 6.92 Å². The number of rotatable bonds is 8. The second-order valence-corrected chi connectivity index (χ2v) is 4.94. The van der Waals surface area contributed by atoms with Gasteiger partial charge in [-0.15, -0.1) is 0 Å². The van der Waals surface area contributed by atoms with Crippen molar-refractivity contribution < 1.29 is 4.79 Å². The van der Waals surface area contributed by atoms with Crippen molar-refractivity contribution in [2.45, 2.75) is 52.6 Å². The van der Waals surface area contributed by atoms with Gasteiger partial charge in [-0.1, -0.05) is 27.2 Å². The molecule has 3 N–H and O–H groups in total. The quantitative estimate of drug-likeness (QED) is 0.673. The van der Waals surface area contributed by atoms with E-state index in [2.05, 4.69) is 38.0 Å². The third-order valence-electron chi connectivity index (χ3n) is 3.67. The fourth-order valence-electron chi connectivity index (χ4n) is 1.52. The minimum absolute atomic E-state index is 0.0306. The first-order chi connectivity index (χ1) is 7.93. The lowest BCUT2D eigenvalue weighted by atomic mass is 9.99. The van der Waals surface area contributed by atoms with Gasteiger partial charge >= 0.3 is 0 Å². The molecule has 0 aliphatic rings. The van der Waals surface area contributed by atoms with Gasteiger partial charge in [0.1, 0.15) is 0 Å². The molecule has 4 nitrogen and oxygen atoms in total. The highest BCUT2D eigenvalue weighted by Crippen LogP contribution is 2.05. The Morgan fingerprint density at radius 2 is 1.88 bits per heavy atom. The van der Waals surface area contributed by atoms with Gasteiger partial charge in [0.25, 0.3) is 0 Å². The number of nitrogens with one attached hydrogen (secondary N) is 1. The van der Waals surface area contributed by atoms with Crippen molar-refractivity contribution in [3.8, 4) is 0 Å². The van der Waals surface area contributed by atoms with Gasteiger partial charge in [-0.2, -0.15) is 0 Å². The van der Waals surface area contributed by atoms with Crippen LogP contribution in [0.1, 0.15) is 40.5 Å². The Hall–Kier alpha value is -0.610. The van der Waals surface area contributed by atoms with Gasteiger partial charge in [-0.3, -0.25) is 4.79 Å². The minimum atomic E-state index is -0.381. The van der Waals surface area contributed by atoms with Crippen LogP contribution in [0.2, 0.25) is 0 Å². The normalized spacial score (nSPS) is 16.6. The summed E-state index contributed by atoms with van der Waals surface area (Å²) < 4.78 is 0. The van der Waals surface area contributed by atoms with Crippen molar-refractivity contribution >= 4 is 5.91 Å². The number of hydrogen-bond donors (Lipinski definition) is 2. The largest absolute Gasteiger partial charge is 0.353 e. The second-order valence-electron chi connectivity index (χ2n) is 4.94. The van der Waals surface area contributed by atoms with Crippen molar-refractivity contribution in [2.24, 2.45) is 11.7 Å². The molecule has 0 aromatic carbocycles. The summed E-state index contributed by atoms with van der Waals surface area (Å²) in [6.45, 7) is 9.95. The molecule has 0 saturated heterocycles. The zero-order valence-electron chi connectivity index (χ0n) is 12.0. The van der Waals surface area contributed by atoms with Crippen molar-refractivity contribution in [3.63, 3.8) is 0 Å². The Bertz CT molecular complexity index is 221. The molecule has 0 radical (unpaired) electrons. The molecule has 3 atom stereocenters. The molecule has 0 heterocycles. The summed E-state index contributed by atoms with van der Waals surface area (Å²) in [4.78, 5) is 14.0. The van der Waals surface area contributed by atoms with Crippen molar-refractivity contribution in [1.82, 2.24) is 10.2 Å². The summed E-state index contributed by atoms with van der Waals surface area (Å²) in [5.41, 5.74) is 5.85. The minimum Gasteiger partial charge on any atom is -0.353 e. The first kappa shape index (κ1) is 16.4. The fraction of sp³-hybridized carbons (Fsp3) is 0.923. The molecule has 0 fully saturated rings. The van der Waals surface area contributed by atoms with Crippen LogP contribution in [-0.4, -0.2) is 43.0 Å². The van der Waals surface area contributed by atoms with Crippen molar-refractivity contribution in [2.75, 3.05) is 20.1 Å². The molecule has 0 aromatic rings. The topological polar surface area (TPSA) is 58.4 Å². The zero-order valence-corrected chi connectivity index (χ0v) is 12.0. The lowest BCUT2D eigenvalue weighted by Gasteiger charge is -2.24. The Morgan fingerprint density at radius 3 is 2.35 bits per heavy atom.